The van der Waals surface area contributed by atoms with E-state index in [-0.39, 0.29) is 11.9 Å². The maximum Gasteiger partial charge on any atom is 0.124 e. The Kier molecular flexibility index (Phi) is 4.67. The highest BCUT2D eigenvalue weighted by Crippen LogP contribution is 2.39. The lowest BCUT2D eigenvalue weighted by molar-refractivity contribution is 0.173. The molecule has 1 unspecified atom stereocenters. The quantitative estimate of drug-likeness (QED) is 0.857. The Morgan fingerprint density at radius 1 is 1.32 bits per heavy atom. The van der Waals surface area contributed by atoms with Crippen molar-refractivity contribution < 1.29 is 4.39 Å². The number of benzene rings is 1. The molecule has 0 spiro atoms. The van der Waals surface area contributed by atoms with Crippen LogP contribution >= 0.6 is 15.9 Å². The average Bonchev–Trinajstić information content (AvgIpc) is 2.26. The monoisotopic (exact) mass is 327 g/mol. The lowest BCUT2D eigenvalue weighted by atomic mass is 9.70. The molecule has 3 heteroatoms. The molecule has 0 amide bonds. The van der Waals surface area contributed by atoms with Gasteiger partial charge in [-0.2, -0.15) is 0 Å². The van der Waals surface area contributed by atoms with E-state index >= 15 is 0 Å². The van der Waals surface area contributed by atoms with Gasteiger partial charge in [-0.1, -0.05) is 29.8 Å². The van der Waals surface area contributed by atoms with Gasteiger partial charge in [-0.25, -0.2) is 4.39 Å². The zero-order chi connectivity index (χ0) is 14.0. The molecule has 1 aliphatic rings. The molecule has 1 nitrogen and oxygen atoms in total. The molecule has 2 rings (SSSR count). The lowest BCUT2D eigenvalue weighted by Crippen LogP contribution is -2.36. The Hall–Kier alpha value is -0.410. The zero-order valence-corrected chi connectivity index (χ0v) is 13.3. The summed E-state index contributed by atoms with van der Waals surface area (Å²) in [6.07, 6.45) is 5.66. The van der Waals surface area contributed by atoms with Gasteiger partial charge in [0, 0.05) is 10.5 Å². The van der Waals surface area contributed by atoms with Crippen LogP contribution in [0.25, 0.3) is 0 Å². The molecular formula is C16H23BrFN. The Bertz CT molecular complexity index is 414. The van der Waals surface area contributed by atoms with Crippen molar-refractivity contribution in [2.75, 3.05) is 0 Å². The van der Waals surface area contributed by atoms with E-state index in [1.54, 1.807) is 6.07 Å². The summed E-state index contributed by atoms with van der Waals surface area (Å²) in [6.45, 7) is 4.66. The molecule has 19 heavy (non-hydrogen) atoms. The third kappa shape index (κ3) is 4.28. The lowest BCUT2D eigenvalue weighted by Gasteiger charge is -2.36. The van der Waals surface area contributed by atoms with Gasteiger partial charge in [-0.15, -0.1) is 0 Å². The molecule has 0 heterocycles. The molecule has 1 aliphatic carbocycles. The highest BCUT2D eigenvalue weighted by Gasteiger charge is 2.29. The van der Waals surface area contributed by atoms with Crippen LogP contribution < -0.4 is 5.73 Å². The minimum absolute atomic E-state index is 0.143. The first-order valence-electron chi connectivity index (χ1n) is 7.06. The third-order valence-electron chi connectivity index (χ3n) is 4.38. The number of hydrogen-bond donors (Lipinski definition) is 1. The average molecular weight is 328 g/mol. The molecule has 2 N–H and O–H groups in total. The van der Waals surface area contributed by atoms with E-state index in [0.717, 1.165) is 16.5 Å². The molecule has 1 saturated carbocycles. The predicted octanol–water partition coefficient (Wildman–Crippen LogP) is 4.67. The second-order valence-corrected chi connectivity index (χ2v) is 7.56. The molecule has 1 atom stereocenters. The third-order valence-corrected chi connectivity index (χ3v) is 4.84. The molecule has 0 saturated heterocycles. The summed E-state index contributed by atoms with van der Waals surface area (Å²) < 4.78 is 14.1. The highest BCUT2D eigenvalue weighted by atomic mass is 79.9. The second-order valence-electron chi connectivity index (χ2n) is 6.65. The van der Waals surface area contributed by atoms with Crippen LogP contribution in [0.3, 0.4) is 0 Å². The Morgan fingerprint density at radius 2 is 1.95 bits per heavy atom. The Morgan fingerprint density at radius 3 is 2.53 bits per heavy atom. The Balaban J connectivity index is 1.96. The van der Waals surface area contributed by atoms with Crippen molar-refractivity contribution in [3.8, 4) is 0 Å². The van der Waals surface area contributed by atoms with Gasteiger partial charge >= 0.3 is 0 Å². The largest absolute Gasteiger partial charge is 0.327 e. The molecular weight excluding hydrogens is 305 g/mol. The maximum atomic E-state index is 13.4. The number of halogens is 2. The van der Waals surface area contributed by atoms with Crippen molar-refractivity contribution in [3.63, 3.8) is 0 Å². The molecule has 1 aromatic rings. The van der Waals surface area contributed by atoms with Gasteiger partial charge in [-0.3, -0.25) is 0 Å². The van der Waals surface area contributed by atoms with Gasteiger partial charge < -0.3 is 5.73 Å². The van der Waals surface area contributed by atoms with E-state index in [0.29, 0.717) is 11.3 Å². The first kappa shape index (κ1) is 15.0. The van der Waals surface area contributed by atoms with Crippen LogP contribution in [-0.4, -0.2) is 6.04 Å². The van der Waals surface area contributed by atoms with E-state index in [1.807, 2.05) is 6.07 Å². The highest BCUT2D eigenvalue weighted by molar-refractivity contribution is 9.10. The van der Waals surface area contributed by atoms with E-state index in [1.165, 1.54) is 31.7 Å². The van der Waals surface area contributed by atoms with Crippen LogP contribution in [0, 0.1) is 17.2 Å². The fourth-order valence-electron chi connectivity index (χ4n) is 3.02. The predicted molar refractivity (Wildman–Crippen MR) is 81.5 cm³/mol. The molecule has 1 aromatic carbocycles. The summed E-state index contributed by atoms with van der Waals surface area (Å²) in [4.78, 5) is 0. The Labute approximate surface area is 123 Å². The van der Waals surface area contributed by atoms with Gasteiger partial charge in [-0.05, 0) is 67.2 Å². The van der Waals surface area contributed by atoms with Crippen LogP contribution in [0.15, 0.2) is 22.7 Å². The summed E-state index contributed by atoms with van der Waals surface area (Å²) in [5.74, 6) is 0.386. The number of hydrogen-bond acceptors (Lipinski definition) is 1. The normalized spacial score (nSPS) is 21.3. The fourth-order valence-corrected chi connectivity index (χ4v) is 3.53. The number of rotatable bonds is 3. The molecule has 0 aromatic heterocycles. The van der Waals surface area contributed by atoms with Gasteiger partial charge in [0.2, 0.25) is 0 Å². The van der Waals surface area contributed by atoms with Crippen molar-refractivity contribution in [3.05, 3.63) is 34.1 Å². The standard InChI is InChI=1S/C16H23BrFN/c1-16(2)5-3-12(4-6-16)15(19)9-11-7-13(17)10-14(18)8-11/h7-8,10,12,15H,3-6,9,19H2,1-2H3. The van der Waals surface area contributed by atoms with Gasteiger partial charge in [0.25, 0.3) is 0 Å². The summed E-state index contributed by atoms with van der Waals surface area (Å²) in [6, 6.07) is 5.19. The van der Waals surface area contributed by atoms with E-state index in [9.17, 15) is 4.39 Å². The zero-order valence-electron chi connectivity index (χ0n) is 11.8. The number of nitrogens with two attached hydrogens (primary N) is 1. The first-order valence-corrected chi connectivity index (χ1v) is 7.86. The van der Waals surface area contributed by atoms with Gasteiger partial charge in [0.1, 0.15) is 5.82 Å². The first-order chi connectivity index (χ1) is 8.85. The van der Waals surface area contributed by atoms with Crippen LogP contribution in [0.4, 0.5) is 4.39 Å². The van der Waals surface area contributed by atoms with Crippen molar-refractivity contribution in [2.24, 2.45) is 17.1 Å². The van der Waals surface area contributed by atoms with Crippen LogP contribution in [0.2, 0.25) is 0 Å². The second kappa shape index (κ2) is 5.92. The molecule has 106 valence electrons. The topological polar surface area (TPSA) is 26.0 Å². The SMILES string of the molecule is CC1(C)CCC(C(N)Cc2cc(F)cc(Br)c2)CC1. The molecule has 0 aliphatic heterocycles. The maximum absolute atomic E-state index is 13.4. The van der Waals surface area contributed by atoms with Crippen molar-refractivity contribution in [1.29, 1.82) is 0 Å². The summed E-state index contributed by atoms with van der Waals surface area (Å²) in [5, 5.41) is 0. The molecule has 1 fully saturated rings. The van der Waals surface area contributed by atoms with Crippen molar-refractivity contribution in [1.82, 2.24) is 0 Å². The van der Waals surface area contributed by atoms with Gasteiger partial charge in [0.05, 0.1) is 0 Å². The van der Waals surface area contributed by atoms with E-state index in [4.69, 9.17) is 5.73 Å². The van der Waals surface area contributed by atoms with Crippen LogP contribution in [-0.2, 0) is 6.42 Å². The minimum Gasteiger partial charge on any atom is -0.327 e. The van der Waals surface area contributed by atoms with E-state index < -0.39 is 0 Å². The summed E-state index contributed by atoms with van der Waals surface area (Å²) in [5.41, 5.74) is 7.79. The van der Waals surface area contributed by atoms with Crippen molar-refractivity contribution in [2.45, 2.75) is 52.0 Å². The van der Waals surface area contributed by atoms with Crippen LogP contribution in [0.5, 0.6) is 0 Å². The molecule has 0 bridgehead atoms. The minimum atomic E-state index is -0.193. The van der Waals surface area contributed by atoms with Crippen LogP contribution in [0.1, 0.15) is 45.1 Å². The fraction of sp³-hybridized carbons (Fsp3) is 0.625. The smallest absolute Gasteiger partial charge is 0.124 e. The molecule has 0 radical (unpaired) electrons. The summed E-state index contributed by atoms with van der Waals surface area (Å²) >= 11 is 3.33. The van der Waals surface area contributed by atoms with Crippen molar-refractivity contribution >= 4 is 15.9 Å². The van der Waals surface area contributed by atoms with E-state index in [2.05, 4.69) is 29.8 Å². The van der Waals surface area contributed by atoms with Gasteiger partial charge in [0.15, 0.2) is 0 Å². The summed E-state index contributed by atoms with van der Waals surface area (Å²) in [7, 11) is 0.